The zero-order valence-corrected chi connectivity index (χ0v) is 26.4. The highest BCUT2D eigenvalue weighted by atomic mass is 32.2. The van der Waals surface area contributed by atoms with E-state index in [1.54, 1.807) is 60.0 Å². The quantitative estimate of drug-likeness (QED) is 0.284. The Morgan fingerprint density at radius 3 is 2.61 bits per heavy atom. The standard InChI is InChI=1S/C30H34N6O6S2/c1-19-14-36(20(2)17-37)30(39)23-6-5-7-24(33-28(38)21-8-10-22(11-9-21)29-31-12-13-43-29)27(23)42-25(19)15-35(4)44(40,41)26-16-34(3)18-32-26/h5-13,16,18-20,25,37H,14-15,17H2,1-4H3,(H,33,38)/t19-,20+,25-/m0/s1. The number of ether oxygens (including phenoxy) is 1. The number of carbonyl (C=O) groups excluding carboxylic acids is 2. The van der Waals surface area contributed by atoms with Gasteiger partial charge in [0.1, 0.15) is 11.1 Å². The molecule has 2 amide bonds. The van der Waals surface area contributed by atoms with Gasteiger partial charge in [-0.1, -0.05) is 25.1 Å². The van der Waals surface area contributed by atoms with Crippen LogP contribution in [-0.4, -0.2) is 88.0 Å². The number of rotatable bonds is 9. The Kier molecular flexibility index (Phi) is 9.15. The largest absolute Gasteiger partial charge is 0.486 e. The third-order valence-corrected chi connectivity index (χ3v) is 10.1. The number of anilines is 1. The predicted molar refractivity (Wildman–Crippen MR) is 166 cm³/mol. The fourth-order valence-electron chi connectivity index (χ4n) is 4.92. The molecule has 5 rings (SSSR count). The number of aliphatic hydroxyl groups is 1. The highest BCUT2D eigenvalue weighted by Crippen LogP contribution is 2.35. The molecule has 0 saturated carbocycles. The lowest BCUT2D eigenvalue weighted by atomic mass is 9.99. The molecule has 12 nitrogen and oxygen atoms in total. The second-order valence-electron chi connectivity index (χ2n) is 10.8. The number of aliphatic hydroxyl groups excluding tert-OH is 1. The van der Waals surface area contributed by atoms with Crippen LogP contribution in [0.1, 0.15) is 34.6 Å². The van der Waals surface area contributed by atoms with E-state index < -0.39 is 28.1 Å². The second kappa shape index (κ2) is 12.9. The van der Waals surface area contributed by atoms with Crippen molar-refractivity contribution in [3.05, 3.63) is 77.7 Å². The number of para-hydroxylation sites is 1. The maximum atomic E-state index is 13.8. The Hall–Kier alpha value is -4.11. The van der Waals surface area contributed by atoms with Crippen molar-refractivity contribution in [2.45, 2.75) is 31.0 Å². The Morgan fingerprint density at radius 1 is 1.23 bits per heavy atom. The van der Waals surface area contributed by atoms with E-state index in [0.29, 0.717) is 5.56 Å². The molecule has 0 saturated heterocycles. The summed E-state index contributed by atoms with van der Waals surface area (Å²) in [6, 6.07) is 11.4. The van der Waals surface area contributed by atoms with Crippen LogP contribution >= 0.6 is 11.3 Å². The molecule has 232 valence electrons. The predicted octanol–water partition coefficient (Wildman–Crippen LogP) is 3.34. The number of hydrogen-bond acceptors (Lipinski definition) is 9. The lowest BCUT2D eigenvalue weighted by Gasteiger charge is -2.38. The molecule has 2 aromatic heterocycles. The fraction of sp³-hybridized carbons (Fsp3) is 0.333. The van der Waals surface area contributed by atoms with Gasteiger partial charge in [0.25, 0.3) is 21.8 Å². The number of nitrogens with zero attached hydrogens (tertiary/aromatic N) is 5. The molecule has 0 unspecified atom stereocenters. The zero-order valence-electron chi connectivity index (χ0n) is 24.7. The van der Waals surface area contributed by atoms with E-state index in [4.69, 9.17) is 4.74 Å². The number of likely N-dealkylation sites (N-methyl/N-ethyl adjacent to an activating group) is 1. The lowest BCUT2D eigenvalue weighted by Crippen LogP contribution is -2.50. The summed E-state index contributed by atoms with van der Waals surface area (Å²) in [5.74, 6) is -1.02. The van der Waals surface area contributed by atoms with Crippen molar-refractivity contribution in [2.75, 3.05) is 32.1 Å². The number of imidazole rings is 1. The molecule has 2 aromatic carbocycles. The van der Waals surface area contributed by atoms with Gasteiger partial charge in [0.05, 0.1) is 36.8 Å². The molecule has 3 heterocycles. The summed E-state index contributed by atoms with van der Waals surface area (Å²) in [7, 11) is -0.813. The fourth-order valence-corrected chi connectivity index (χ4v) is 6.70. The van der Waals surface area contributed by atoms with Crippen LogP contribution in [0, 0.1) is 5.92 Å². The van der Waals surface area contributed by atoms with Crippen molar-refractivity contribution in [3.63, 3.8) is 0 Å². The van der Waals surface area contributed by atoms with Crippen LogP contribution in [-0.2, 0) is 17.1 Å². The number of carbonyl (C=O) groups is 2. The van der Waals surface area contributed by atoms with Crippen molar-refractivity contribution < 1.29 is 27.9 Å². The van der Waals surface area contributed by atoms with Crippen LogP contribution in [0.4, 0.5) is 5.69 Å². The van der Waals surface area contributed by atoms with E-state index >= 15 is 0 Å². The molecule has 0 spiro atoms. The van der Waals surface area contributed by atoms with Gasteiger partial charge in [0.15, 0.2) is 10.8 Å². The third-order valence-electron chi connectivity index (χ3n) is 7.56. The first-order chi connectivity index (χ1) is 21.0. The van der Waals surface area contributed by atoms with Crippen molar-refractivity contribution in [1.29, 1.82) is 0 Å². The number of sulfonamides is 1. The maximum absolute atomic E-state index is 13.8. The average molecular weight is 639 g/mol. The van der Waals surface area contributed by atoms with E-state index in [-0.39, 0.29) is 53.5 Å². The van der Waals surface area contributed by atoms with Crippen molar-refractivity contribution >= 4 is 38.9 Å². The number of hydrogen-bond donors (Lipinski definition) is 2. The summed E-state index contributed by atoms with van der Waals surface area (Å²) in [6.07, 6.45) is 3.82. The minimum absolute atomic E-state index is 0.0600. The monoisotopic (exact) mass is 638 g/mol. The third kappa shape index (κ3) is 6.38. The lowest BCUT2D eigenvalue weighted by molar-refractivity contribution is 0.0388. The minimum atomic E-state index is -3.94. The Morgan fingerprint density at radius 2 is 1.98 bits per heavy atom. The molecule has 0 aliphatic carbocycles. The summed E-state index contributed by atoms with van der Waals surface area (Å²) in [4.78, 5) is 37.0. The van der Waals surface area contributed by atoms with Gasteiger partial charge >= 0.3 is 0 Å². The van der Waals surface area contributed by atoms with Gasteiger partial charge in [-0.2, -0.15) is 4.31 Å². The van der Waals surface area contributed by atoms with Crippen LogP contribution in [0.2, 0.25) is 0 Å². The number of aryl methyl sites for hydroxylation is 1. The van der Waals surface area contributed by atoms with Gasteiger partial charge in [-0.15, -0.1) is 11.3 Å². The second-order valence-corrected chi connectivity index (χ2v) is 13.7. The molecule has 0 bridgehead atoms. The topological polar surface area (TPSA) is 147 Å². The van der Waals surface area contributed by atoms with Gasteiger partial charge < -0.3 is 24.6 Å². The SMILES string of the molecule is C[C@H](CO)N1C[C@H](C)[C@H](CN(C)S(=O)(=O)c2cn(C)cn2)Oc2c(NC(=O)c3ccc(-c4nccs4)cc3)cccc2C1=O. The molecule has 0 fully saturated rings. The van der Waals surface area contributed by atoms with Gasteiger partial charge in [-0.3, -0.25) is 9.59 Å². The van der Waals surface area contributed by atoms with Gasteiger partial charge in [0.2, 0.25) is 0 Å². The summed E-state index contributed by atoms with van der Waals surface area (Å²) < 4.78 is 35.8. The number of thiazole rings is 1. The average Bonchev–Trinajstić information content (AvgIpc) is 3.71. The van der Waals surface area contributed by atoms with Gasteiger partial charge in [-0.05, 0) is 31.2 Å². The van der Waals surface area contributed by atoms with Gasteiger partial charge in [0, 0.05) is 55.5 Å². The number of fused-ring (bicyclic) bond motifs is 1. The highest BCUT2D eigenvalue weighted by Gasteiger charge is 2.36. The van der Waals surface area contributed by atoms with Crippen LogP contribution < -0.4 is 10.1 Å². The first kappa shape index (κ1) is 31.3. The molecule has 44 heavy (non-hydrogen) atoms. The number of amides is 2. The van der Waals surface area contributed by atoms with E-state index in [1.807, 2.05) is 24.4 Å². The Bertz CT molecular complexity index is 1740. The normalized spacial score (nSPS) is 17.9. The van der Waals surface area contributed by atoms with Crippen LogP contribution in [0.25, 0.3) is 10.6 Å². The van der Waals surface area contributed by atoms with Crippen LogP contribution in [0.3, 0.4) is 0 Å². The summed E-state index contributed by atoms with van der Waals surface area (Å²) in [5.41, 5.74) is 1.72. The van der Waals surface area contributed by atoms with E-state index in [1.165, 1.54) is 35.2 Å². The molecule has 2 N–H and O–H groups in total. The number of aromatic nitrogens is 3. The molecule has 4 aromatic rings. The van der Waals surface area contributed by atoms with Crippen molar-refractivity contribution in [3.8, 4) is 16.3 Å². The van der Waals surface area contributed by atoms with E-state index in [9.17, 15) is 23.1 Å². The minimum Gasteiger partial charge on any atom is -0.486 e. The molecule has 0 radical (unpaired) electrons. The molecular formula is C30H34N6O6S2. The molecule has 1 aliphatic heterocycles. The highest BCUT2D eigenvalue weighted by molar-refractivity contribution is 7.89. The van der Waals surface area contributed by atoms with E-state index in [2.05, 4.69) is 15.3 Å². The Labute approximate surface area is 260 Å². The molecule has 14 heteroatoms. The van der Waals surface area contributed by atoms with Crippen LogP contribution in [0.15, 0.2) is 71.6 Å². The first-order valence-electron chi connectivity index (χ1n) is 14.0. The first-order valence-corrected chi connectivity index (χ1v) is 16.3. The molecular weight excluding hydrogens is 605 g/mol. The zero-order chi connectivity index (χ0) is 31.6. The van der Waals surface area contributed by atoms with Crippen molar-refractivity contribution in [2.24, 2.45) is 13.0 Å². The van der Waals surface area contributed by atoms with Crippen molar-refractivity contribution in [1.82, 2.24) is 23.7 Å². The molecule has 3 atom stereocenters. The number of nitrogens with one attached hydrogen (secondary N) is 1. The molecule has 1 aliphatic rings. The smallest absolute Gasteiger partial charge is 0.261 e. The Balaban J connectivity index is 1.47. The summed E-state index contributed by atoms with van der Waals surface area (Å²) >= 11 is 1.50. The van der Waals surface area contributed by atoms with E-state index in [0.717, 1.165) is 10.6 Å². The summed E-state index contributed by atoms with van der Waals surface area (Å²) in [6.45, 7) is 3.48. The van der Waals surface area contributed by atoms with Gasteiger partial charge in [-0.25, -0.2) is 18.4 Å². The van der Waals surface area contributed by atoms with Crippen LogP contribution in [0.5, 0.6) is 5.75 Å². The maximum Gasteiger partial charge on any atom is 0.261 e. The number of benzene rings is 2. The summed E-state index contributed by atoms with van der Waals surface area (Å²) in [5, 5.41) is 15.4.